The van der Waals surface area contributed by atoms with Crippen molar-refractivity contribution in [2.24, 2.45) is 0 Å². The predicted molar refractivity (Wildman–Crippen MR) is 92.0 cm³/mol. The van der Waals surface area contributed by atoms with Gasteiger partial charge >= 0.3 is 23.7 Å². The van der Waals surface area contributed by atoms with Crippen molar-refractivity contribution in [3.05, 3.63) is 60.2 Å². The van der Waals surface area contributed by atoms with E-state index in [2.05, 4.69) is 9.97 Å². The van der Waals surface area contributed by atoms with Crippen molar-refractivity contribution in [1.82, 2.24) is 20.6 Å². The molecule has 0 spiro atoms. The Morgan fingerprint density at radius 3 is 1.31 bits per heavy atom. The van der Waals surface area contributed by atoms with E-state index in [4.69, 9.17) is 0 Å². The summed E-state index contributed by atoms with van der Waals surface area (Å²) in [5, 5.41) is 2.50. The largest absolute Gasteiger partial charge is 0.392 e. The van der Waals surface area contributed by atoms with Crippen molar-refractivity contribution in [1.29, 1.82) is 0 Å². The Morgan fingerprint density at radius 1 is 0.688 bits per heavy atom. The molecule has 0 saturated heterocycles. The number of carbonyl (C=O) groups is 2. The molecule has 0 aliphatic carbocycles. The number of rotatable bonds is 9. The first-order chi connectivity index (χ1) is 14.7. The topological polar surface area (TPSA) is 84.0 Å². The molecule has 0 aliphatic rings. The van der Waals surface area contributed by atoms with Crippen LogP contribution in [0.15, 0.2) is 49.1 Å². The fourth-order valence-corrected chi connectivity index (χ4v) is 2.27. The number of nitrogens with one attached hydrogen (secondary N) is 2. The summed E-state index contributed by atoms with van der Waals surface area (Å²) in [5.41, 5.74) is 0.0682. The van der Waals surface area contributed by atoms with E-state index in [1.807, 2.05) is 0 Å². The molecule has 2 heterocycles. The Hall–Kier alpha value is -3.32. The van der Waals surface area contributed by atoms with Gasteiger partial charge < -0.3 is 10.6 Å². The molecule has 0 atom stereocenters. The summed E-state index contributed by atoms with van der Waals surface area (Å²) in [6.07, 6.45) is 4.62. The Balaban J connectivity index is 2.18. The number of halogens is 8. The van der Waals surface area contributed by atoms with E-state index < -0.39 is 48.6 Å². The number of hydrogen-bond donors (Lipinski definition) is 2. The maximum atomic E-state index is 13.9. The summed E-state index contributed by atoms with van der Waals surface area (Å²) < 4.78 is 111. The van der Waals surface area contributed by atoms with Crippen LogP contribution in [0.3, 0.4) is 0 Å². The van der Waals surface area contributed by atoms with Crippen LogP contribution in [-0.2, 0) is 22.7 Å². The molecule has 0 bridgehead atoms. The number of aromatic nitrogens is 2. The number of nitrogens with zero attached hydrogens (tertiary/aromatic N) is 2. The van der Waals surface area contributed by atoms with Gasteiger partial charge in [-0.05, 0) is 23.3 Å². The van der Waals surface area contributed by atoms with Gasteiger partial charge in [0.15, 0.2) is 0 Å². The van der Waals surface area contributed by atoms with Crippen LogP contribution in [0.25, 0.3) is 0 Å². The minimum absolute atomic E-state index is 0.0341. The number of amides is 2. The molecule has 32 heavy (non-hydrogen) atoms. The summed E-state index contributed by atoms with van der Waals surface area (Å²) in [7, 11) is 0. The van der Waals surface area contributed by atoms with Crippen molar-refractivity contribution in [2.75, 3.05) is 0 Å². The molecule has 0 radical (unpaired) electrons. The highest BCUT2D eigenvalue weighted by molar-refractivity contribution is 5.87. The van der Waals surface area contributed by atoms with E-state index in [0.29, 0.717) is 0 Å². The third kappa shape index (κ3) is 4.62. The van der Waals surface area contributed by atoms with Gasteiger partial charge in [0, 0.05) is 37.9 Å². The zero-order valence-corrected chi connectivity index (χ0v) is 15.8. The fourth-order valence-electron chi connectivity index (χ4n) is 2.27. The van der Waals surface area contributed by atoms with Gasteiger partial charge in [-0.15, -0.1) is 0 Å². The Morgan fingerprint density at radius 2 is 1.03 bits per heavy atom. The van der Waals surface area contributed by atoms with Crippen LogP contribution >= 0.6 is 0 Å². The van der Waals surface area contributed by atoms with Crippen LogP contribution in [0.1, 0.15) is 11.1 Å². The molecule has 14 heteroatoms. The molecule has 2 amide bonds. The number of carbonyl (C=O) groups excluding carboxylic acids is 2. The molecular weight excluding hydrogens is 456 g/mol. The number of alkyl halides is 8. The van der Waals surface area contributed by atoms with Crippen LogP contribution in [0.4, 0.5) is 35.1 Å². The molecule has 6 nitrogen and oxygen atoms in total. The Kier molecular flexibility index (Phi) is 7.05. The normalized spacial score (nSPS) is 12.9. The lowest BCUT2D eigenvalue weighted by Gasteiger charge is -2.35. The molecule has 174 valence electrons. The van der Waals surface area contributed by atoms with Crippen molar-refractivity contribution >= 4 is 11.8 Å². The maximum Gasteiger partial charge on any atom is 0.392 e. The van der Waals surface area contributed by atoms with E-state index in [-0.39, 0.29) is 11.1 Å². The quantitative estimate of drug-likeness (QED) is 0.553. The zero-order valence-electron chi connectivity index (χ0n) is 15.8. The van der Waals surface area contributed by atoms with E-state index >= 15 is 0 Å². The Labute approximate surface area is 175 Å². The number of hydrogen-bond acceptors (Lipinski definition) is 4. The first-order valence-corrected chi connectivity index (χ1v) is 8.61. The summed E-state index contributed by atoms with van der Waals surface area (Å²) in [4.78, 5) is 30.1. The molecule has 0 saturated carbocycles. The van der Waals surface area contributed by atoms with Gasteiger partial charge in [-0.2, -0.15) is 35.1 Å². The summed E-state index contributed by atoms with van der Waals surface area (Å²) in [5.74, 6) is -32.4. The maximum absolute atomic E-state index is 13.9. The lowest BCUT2D eigenvalue weighted by atomic mass is 9.97. The van der Waals surface area contributed by atoms with Gasteiger partial charge in [0.1, 0.15) is 0 Å². The second kappa shape index (κ2) is 9.04. The lowest BCUT2D eigenvalue weighted by molar-refractivity contribution is -0.347. The van der Waals surface area contributed by atoms with E-state index in [1.54, 1.807) is 0 Å². The van der Waals surface area contributed by atoms with Crippen molar-refractivity contribution in [2.45, 2.75) is 36.8 Å². The monoisotopic (exact) mass is 470 g/mol. The van der Waals surface area contributed by atoms with Gasteiger partial charge in [0.2, 0.25) is 0 Å². The highest BCUT2D eigenvalue weighted by Gasteiger charge is 2.84. The van der Waals surface area contributed by atoms with Gasteiger partial charge in [-0.1, -0.05) is 12.1 Å². The second-order valence-electron chi connectivity index (χ2n) is 6.39. The van der Waals surface area contributed by atoms with Crippen LogP contribution in [-0.4, -0.2) is 45.5 Å². The standard InChI is InChI=1S/C18H14F8N4O2/c19-15(20,13(31)29-9-11-3-1-5-27-7-11)17(23,24)18(25,26)16(21,22)14(32)30-10-12-4-2-6-28-8-12/h1-8H,9-10H2,(H,29,31)(H,30,32). The van der Waals surface area contributed by atoms with Gasteiger partial charge in [-0.3, -0.25) is 19.6 Å². The molecule has 0 unspecified atom stereocenters. The van der Waals surface area contributed by atoms with Crippen LogP contribution in [0.2, 0.25) is 0 Å². The van der Waals surface area contributed by atoms with E-state index in [9.17, 15) is 44.7 Å². The first-order valence-electron chi connectivity index (χ1n) is 8.61. The van der Waals surface area contributed by atoms with Crippen molar-refractivity contribution in [3.63, 3.8) is 0 Å². The average Bonchev–Trinajstić information content (AvgIpc) is 2.76. The highest BCUT2D eigenvalue weighted by Crippen LogP contribution is 2.52. The molecule has 2 N–H and O–H groups in total. The van der Waals surface area contributed by atoms with E-state index in [1.165, 1.54) is 47.3 Å². The third-order valence-corrected chi connectivity index (χ3v) is 4.11. The number of pyridine rings is 2. The average molecular weight is 470 g/mol. The molecule has 0 aliphatic heterocycles. The minimum atomic E-state index is -6.94. The molecular formula is C18H14F8N4O2. The molecule has 2 aromatic heterocycles. The molecule has 2 aromatic rings. The summed E-state index contributed by atoms with van der Waals surface area (Å²) in [6.45, 7) is -1.65. The summed E-state index contributed by atoms with van der Waals surface area (Å²) in [6, 6.07) is 5.07. The zero-order chi connectivity index (χ0) is 24.2. The SMILES string of the molecule is O=C(NCc1cccnc1)C(F)(F)C(F)(F)C(F)(F)C(F)(F)C(=O)NCc1cccnc1. The van der Waals surface area contributed by atoms with Crippen molar-refractivity contribution < 1.29 is 44.7 Å². The fraction of sp³-hybridized carbons (Fsp3) is 0.333. The second-order valence-corrected chi connectivity index (χ2v) is 6.39. The van der Waals surface area contributed by atoms with Crippen LogP contribution < -0.4 is 10.6 Å². The summed E-state index contributed by atoms with van der Waals surface area (Å²) >= 11 is 0. The van der Waals surface area contributed by atoms with Gasteiger partial charge in [0.25, 0.3) is 11.8 Å². The third-order valence-electron chi connectivity index (χ3n) is 4.11. The molecule has 0 aromatic carbocycles. The Bertz CT molecular complexity index is 865. The minimum Gasteiger partial charge on any atom is -0.347 e. The van der Waals surface area contributed by atoms with Crippen LogP contribution in [0.5, 0.6) is 0 Å². The van der Waals surface area contributed by atoms with Crippen LogP contribution in [0, 0.1) is 0 Å². The smallest absolute Gasteiger partial charge is 0.347 e. The van der Waals surface area contributed by atoms with E-state index in [0.717, 1.165) is 12.4 Å². The first kappa shape index (κ1) is 24.9. The lowest BCUT2D eigenvalue weighted by Crippen LogP contribution is -2.68. The predicted octanol–water partition coefficient (Wildman–Crippen LogP) is 2.95. The molecule has 2 rings (SSSR count). The molecule has 0 fully saturated rings. The van der Waals surface area contributed by atoms with Crippen molar-refractivity contribution in [3.8, 4) is 0 Å². The van der Waals surface area contributed by atoms with Gasteiger partial charge in [-0.25, -0.2) is 0 Å². The van der Waals surface area contributed by atoms with Gasteiger partial charge in [0.05, 0.1) is 0 Å². The highest BCUT2D eigenvalue weighted by atomic mass is 19.4.